The molecule has 1 aromatic carbocycles. The summed E-state index contributed by atoms with van der Waals surface area (Å²) in [6.45, 7) is 4.00. The van der Waals surface area contributed by atoms with E-state index < -0.39 is 0 Å². The maximum atomic E-state index is 9.18. The SMILES string of the molecule is CCCc1ccc(C[C@@H](C)O)cc1. The van der Waals surface area contributed by atoms with Crippen LogP contribution in [0, 0.1) is 0 Å². The molecule has 0 aliphatic rings. The Hall–Kier alpha value is -0.820. The highest BCUT2D eigenvalue weighted by atomic mass is 16.3. The molecular weight excluding hydrogens is 160 g/mol. The average Bonchev–Trinajstić information content (AvgIpc) is 2.08. The summed E-state index contributed by atoms with van der Waals surface area (Å²) in [4.78, 5) is 0. The standard InChI is InChI=1S/C12H18O/c1-3-4-11-5-7-12(8-6-11)9-10(2)13/h5-8,10,13H,3-4,9H2,1-2H3/t10-/m1/s1. The van der Waals surface area contributed by atoms with Gasteiger partial charge < -0.3 is 5.11 Å². The summed E-state index contributed by atoms with van der Waals surface area (Å²) in [6.07, 6.45) is 2.86. The number of hydrogen-bond acceptors (Lipinski definition) is 1. The third-order valence-electron chi connectivity index (χ3n) is 2.09. The molecule has 0 saturated heterocycles. The van der Waals surface area contributed by atoms with Crippen molar-refractivity contribution >= 4 is 0 Å². The van der Waals surface area contributed by atoms with Gasteiger partial charge in [-0.2, -0.15) is 0 Å². The predicted molar refractivity (Wildman–Crippen MR) is 55.8 cm³/mol. The van der Waals surface area contributed by atoms with E-state index in [0.29, 0.717) is 0 Å². The van der Waals surface area contributed by atoms with Crippen LogP contribution in [0.4, 0.5) is 0 Å². The number of hydrogen-bond donors (Lipinski definition) is 1. The van der Waals surface area contributed by atoms with E-state index in [2.05, 4.69) is 31.2 Å². The first kappa shape index (κ1) is 10.3. The molecule has 1 N–H and O–H groups in total. The Kier molecular flexibility index (Phi) is 3.97. The topological polar surface area (TPSA) is 20.2 Å². The van der Waals surface area contributed by atoms with Gasteiger partial charge in [-0.3, -0.25) is 0 Å². The first-order valence-corrected chi connectivity index (χ1v) is 4.98. The second kappa shape index (κ2) is 5.03. The van der Waals surface area contributed by atoms with Crippen LogP contribution >= 0.6 is 0 Å². The average molecular weight is 178 g/mol. The lowest BCUT2D eigenvalue weighted by molar-refractivity contribution is 0.195. The van der Waals surface area contributed by atoms with Crippen LogP contribution in [0.2, 0.25) is 0 Å². The van der Waals surface area contributed by atoms with Crippen molar-refractivity contribution in [2.45, 2.75) is 39.2 Å². The predicted octanol–water partition coefficient (Wildman–Crippen LogP) is 2.56. The van der Waals surface area contributed by atoms with Crippen LogP contribution in [0.15, 0.2) is 24.3 Å². The quantitative estimate of drug-likeness (QED) is 0.751. The summed E-state index contributed by atoms with van der Waals surface area (Å²) in [5.74, 6) is 0. The fourth-order valence-electron chi connectivity index (χ4n) is 1.47. The number of aliphatic hydroxyl groups is 1. The van der Waals surface area contributed by atoms with Crippen molar-refractivity contribution in [1.82, 2.24) is 0 Å². The molecular formula is C12H18O. The molecule has 13 heavy (non-hydrogen) atoms. The zero-order chi connectivity index (χ0) is 9.68. The lowest BCUT2D eigenvalue weighted by atomic mass is 10.0. The van der Waals surface area contributed by atoms with Gasteiger partial charge in [0.2, 0.25) is 0 Å². The Labute approximate surface area is 80.4 Å². The van der Waals surface area contributed by atoms with Gasteiger partial charge in [-0.25, -0.2) is 0 Å². The zero-order valence-corrected chi connectivity index (χ0v) is 8.46. The number of aryl methyl sites for hydroxylation is 1. The summed E-state index contributed by atoms with van der Waals surface area (Å²) in [5, 5.41) is 9.18. The normalized spacial score (nSPS) is 12.8. The third kappa shape index (κ3) is 3.60. The first-order chi connectivity index (χ1) is 6.22. The van der Waals surface area contributed by atoms with Crippen molar-refractivity contribution < 1.29 is 5.11 Å². The molecule has 0 spiro atoms. The van der Waals surface area contributed by atoms with Crippen LogP contribution in [-0.4, -0.2) is 11.2 Å². The smallest absolute Gasteiger partial charge is 0.0552 e. The van der Waals surface area contributed by atoms with Crippen LogP contribution in [0.5, 0.6) is 0 Å². The lowest BCUT2D eigenvalue weighted by Crippen LogP contribution is -2.03. The molecule has 0 radical (unpaired) electrons. The van der Waals surface area contributed by atoms with Crippen molar-refractivity contribution in [3.63, 3.8) is 0 Å². The van der Waals surface area contributed by atoms with E-state index in [4.69, 9.17) is 0 Å². The van der Waals surface area contributed by atoms with Crippen molar-refractivity contribution in [2.24, 2.45) is 0 Å². The minimum atomic E-state index is -0.239. The van der Waals surface area contributed by atoms with Gasteiger partial charge >= 0.3 is 0 Å². The molecule has 0 bridgehead atoms. The van der Waals surface area contributed by atoms with Crippen molar-refractivity contribution in [3.05, 3.63) is 35.4 Å². The van der Waals surface area contributed by atoms with Crippen LogP contribution in [-0.2, 0) is 12.8 Å². The molecule has 0 heterocycles. The maximum absolute atomic E-state index is 9.18. The molecule has 1 nitrogen and oxygen atoms in total. The van der Waals surface area contributed by atoms with Gasteiger partial charge in [0.25, 0.3) is 0 Å². The Bertz CT molecular complexity index is 236. The summed E-state index contributed by atoms with van der Waals surface area (Å²) in [6, 6.07) is 8.53. The first-order valence-electron chi connectivity index (χ1n) is 4.98. The summed E-state index contributed by atoms with van der Waals surface area (Å²) >= 11 is 0. The molecule has 0 aliphatic carbocycles. The van der Waals surface area contributed by atoms with E-state index in [-0.39, 0.29) is 6.10 Å². The van der Waals surface area contributed by atoms with Gasteiger partial charge in [0.1, 0.15) is 0 Å². The fourth-order valence-corrected chi connectivity index (χ4v) is 1.47. The lowest BCUT2D eigenvalue weighted by Gasteiger charge is -2.05. The van der Waals surface area contributed by atoms with Crippen molar-refractivity contribution in [2.75, 3.05) is 0 Å². The van der Waals surface area contributed by atoms with Gasteiger partial charge in [0.15, 0.2) is 0 Å². The van der Waals surface area contributed by atoms with Crippen LogP contribution < -0.4 is 0 Å². The highest BCUT2D eigenvalue weighted by Gasteiger charge is 1.98. The Morgan fingerprint density at radius 1 is 1.15 bits per heavy atom. The van der Waals surface area contributed by atoms with E-state index in [1.54, 1.807) is 0 Å². The van der Waals surface area contributed by atoms with Gasteiger partial charge in [-0.05, 0) is 30.9 Å². The Morgan fingerprint density at radius 2 is 1.69 bits per heavy atom. The summed E-state index contributed by atoms with van der Waals surface area (Å²) in [7, 11) is 0. The number of benzene rings is 1. The Morgan fingerprint density at radius 3 is 2.15 bits per heavy atom. The molecule has 1 aromatic rings. The molecule has 0 unspecified atom stereocenters. The van der Waals surface area contributed by atoms with E-state index in [0.717, 1.165) is 12.8 Å². The Balaban J connectivity index is 2.59. The second-order valence-electron chi connectivity index (χ2n) is 3.62. The van der Waals surface area contributed by atoms with E-state index in [9.17, 15) is 5.11 Å². The van der Waals surface area contributed by atoms with Crippen LogP contribution in [0.25, 0.3) is 0 Å². The van der Waals surface area contributed by atoms with E-state index in [1.807, 2.05) is 6.92 Å². The molecule has 1 rings (SSSR count). The maximum Gasteiger partial charge on any atom is 0.0552 e. The fraction of sp³-hybridized carbons (Fsp3) is 0.500. The van der Waals surface area contributed by atoms with Gasteiger partial charge in [-0.1, -0.05) is 37.6 Å². The largest absolute Gasteiger partial charge is 0.393 e. The second-order valence-corrected chi connectivity index (χ2v) is 3.62. The molecule has 0 saturated carbocycles. The molecule has 0 fully saturated rings. The minimum absolute atomic E-state index is 0.239. The van der Waals surface area contributed by atoms with E-state index in [1.165, 1.54) is 17.5 Å². The van der Waals surface area contributed by atoms with Gasteiger partial charge in [-0.15, -0.1) is 0 Å². The number of aliphatic hydroxyl groups excluding tert-OH is 1. The summed E-state index contributed by atoms with van der Waals surface area (Å²) < 4.78 is 0. The molecule has 72 valence electrons. The minimum Gasteiger partial charge on any atom is -0.393 e. The van der Waals surface area contributed by atoms with Crippen molar-refractivity contribution in [1.29, 1.82) is 0 Å². The third-order valence-corrected chi connectivity index (χ3v) is 2.09. The molecule has 0 amide bonds. The van der Waals surface area contributed by atoms with Crippen LogP contribution in [0.3, 0.4) is 0 Å². The molecule has 0 aromatic heterocycles. The van der Waals surface area contributed by atoms with Gasteiger partial charge in [0, 0.05) is 0 Å². The highest BCUT2D eigenvalue weighted by Crippen LogP contribution is 2.08. The number of rotatable bonds is 4. The molecule has 0 aliphatic heterocycles. The zero-order valence-electron chi connectivity index (χ0n) is 8.46. The molecule has 1 heteroatoms. The van der Waals surface area contributed by atoms with E-state index >= 15 is 0 Å². The highest BCUT2D eigenvalue weighted by molar-refractivity contribution is 5.23. The summed E-state index contributed by atoms with van der Waals surface area (Å²) in [5.41, 5.74) is 2.60. The van der Waals surface area contributed by atoms with Gasteiger partial charge in [0.05, 0.1) is 6.10 Å². The van der Waals surface area contributed by atoms with Crippen molar-refractivity contribution in [3.8, 4) is 0 Å². The van der Waals surface area contributed by atoms with Crippen LogP contribution in [0.1, 0.15) is 31.4 Å². The molecule has 1 atom stereocenters. The monoisotopic (exact) mass is 178 g/mol.